The van der Waals surface area contributed by atoms with Crippen molar-refractivity contribution in [2.45, 2.75) is 12.5 Å². The van der Waals surface area contributed by atoms with Crippen LogP contribution in [0, 0.1) is 0 Å². The van der Waals surface area contributed by atoms with Gasteiger partial charge in [-0.15, -0.1) is 0 Å². The monoisotopic (exact) mass is 327 g/mol. The predicted octanol–water partition coefficient (Wildman–Crippen LogP) is -0.183. The fraction of sp³-hybridized carbons (Fsp3) is 0.385. The summed E-state index contributed by atoms with van der Waals surface area (Å²) in [5.74, 6) is -0.447. The third kappa shape index (κ3) is 4.92. The minimum Gasteiger partial charge on any atom is -0.508 e. The second-order valence-corrected chi connectivity index (χ2v) is 7.25. The molecule has 2 rings (SSSR count). The second kappa shape index (κ2) is 6.65. The minimum absolute atomic E-state index is 0.0194. The summed E-state index contributed by atoms with van der Waals surface area (Å²) in [5, 5.41) is 16.6. The van der Waals surface area contributed by atoms with Crippen LogP contribution in [-0.2, 0) is 14.6 Å². The lowest BCUT2D eigenvalue weighted by atomic mass is 10.3. The van der Waals surface area contributed by atoms with E-state index < -0.39 is 27.8 Å². The van der Waals surface area contributed by atoms with E-state index in [4.69, 9.17) is 0 Å². The maximum absolute atomic E-state index is 11.6. The highest BCUT2D eigenvalue weighted by Crippen LogP contribution is 2.15. The molecule has 0 saturated carbocycles. The van der Waals surface area contributed by atoms with Gasteiger partial charge in [0.05, 0.1) is 18.1 Å². The highest BCUT2D eigenvalue weighted by Gasteiger charge is 2.28. The first-order valence-electron chi connectivity index (χ1n) is 6.68. The number of nitrogens with one attached hydrogen (secondary N) is 3. The minimum atomic E-state index is -3.06. The van der Waals surface area contributed by atoms with Gasteiger partial charge in [0.25, 0.3) is 0 Å². The van der Waals surface area contributed by atoms with Gasteiger partial charge in [-0.25, -0.2) is 13.2 Å². The molecular weight excluding hydrogens is 310 g/mol. The van der Waals surface area contributed by atoms with Gasteiger partial charge in [-0.3, -0.25) is 4.79 Å². The quantitative estimate of drug-likeness (QED) is 0.610. The molecule has 3 amide bonds. The number of urea groups is 1. The summed E-state index contributed by atoms with van der Waals surface area (Å²) < 4.78 is 22.5. The van der Waals surface area contributed by atoms with Crippen LogP contribution in [0.3, 0.4) is 0 Å². The first-order valence-corrected chi connectivity index (χ1v) is 8.50. The third-order valence-electron chi connectivity index (χ3n) is 3.11. The Hall–Kier alpha value is -2.29. The van der Waals surface area contributed by atoms with Crippen molar-refractivity contribution < 1.29 is 23.1 Å². The molecule has 22 heavy (non-hydrogen) atoms. The molecule has 120 valence electrons. The van der Waals surface area contributed by atoms with Crippen molar-refractivity contribution in [3.63, 3.8) is 0 Å². The topological polar surface area (TPSA) is 125 Å². The van der Waals surface area contributed by atoms with Crippen LogP contribution in [0.15, 0.2) is 24.3 Å². The van der Waals surface area contributed by atoms with Crippen molar-refractivity contribution in [1.29, 1.82) is 0 Å². The molecule has 1 fully saturated rings. The third-order valence-corrected chi connectivity index (χ3v) is 4.88. The summed E-state index contributed by atoms with van der Waals surface area (Å²) in [5.41, 5.74) is 0.411. The zero-order valence-corrected chi connectivity index (χ0v) is 12.5. The number of hydrogen-bond acceptors (Lipinski definition) is 5. The van der Waals surface area contributed by atoms with Crippen LogP contribution in [0.5, 0.6) is 5.75 Å². The molecule has 9 heteroatoms. The lowest BCUT2D eigenvalue weighted by molar-refractivity contribution is -0.115. The van der Waals surface area contributed by atoms with Gasteiger partial charge < -0.3 is 21.1 Å². The average Bonchev–Trinajstić information content (AvgIpc) is 2.75. The van der Waals surface area contributed by atoms with Gasteiger partial charge >= 0.3 is 6.03 Å². The van der Waals surface area contributed by atoms with Gasteiger partial charge in [-0.2, -0.15) is 0 Å². The van der Waals surface area contributed by atoms with E-state index in [2.05, 4.69) is 16.0 Å². The van der Waals surface area contributed by atoms with Crippen LogP contribution < -0.4 is 16.0 Å². The van der Waals surface area contributed by atoms with Crippen molar-refractivity contribution in [2.24, 2.45) is 0 Å². The Morgan fingerprint density at radius 3 is 2.73 bits per heavy atom. The molecule has 1 aromatic rings. The largest absolute Gasteiger partial charge is 0.508 e. The lowest BCUT2D eigenvalue weighted by Crippen LogP contribution is -2.45. The van der Waals surface area contributed by atoms with E-state index in [1.807, 2.05) is 0 Å². The smallest absolute Gasteiger partial charge is 0.315 e. The molecule has 0 aliphatic carbocycles. The van der Waals surface area contributed by atoms with E-state index in [0.29, 0.717) is 12.1 Å². The molecular formula is C13H17N3O5S. The first-order chi connectivity index (χ1) is 10.3. The SMILES string of the molecule is O=C(CNC(=O)N[C@@H]1CCS(=O)(=O)C1)Nc1cccc(O)c1. The van der Waals surface area contributed by atoms with Gasteiger partial charge in [-0.1, -0.05) is 6.07 Å². The number of aromatic hydroxyl groups is 1. The van der Waals surface area contributed by atoms with E-state index in [-0.39, 0.29) is 23.8 Å². The Morgan fingerprint density at radius 2 is 2.09 bits per heavy atom. The summed E-state index contributed by atoms with van der Waals surface area (Å²) >= 11 is 0. The first kappa shape index (κ1) is 16.1. The van der Waals surface area contributed by atoms with Crippen molar-refractivity contribution >= 4 is 27.5 Å². The van der Waals surface area contributed by atoms with Gasteiger partial charge in [0, 0.05) is 17.8 Å². The van der Waals surface area contributed by atoms with Gasteiger partial charge in [0.2, 0.25) is 5.91 Å². The van der Waals surface area contributed by atoms with Crippen LogP contribution in [0.25, 0.3) is 0 Å². The Kier molecular flexibility index (Phi) is 4.86. The molecule has 1 aliphatic rings. The fourth-order valence-corrected chi connectivity index (χ4v) is 3.77. The molecule has 1 saturated heterocycles. The van der Waals surface area contributed by atoms with Crippen molar-refractivity contribution in [2.75, 3.05) is 23.4 Å². The maximum atomic E-state index is 11.6. The number of phenolic OH excluding ortho intramolecular Hbond substituents is 1. The summed E-state index contributed by atoms with van der Waals surface area (Å²) in [6, 6.07) is 5.01. The number of rotatable bonds is 4. The number of hydrogen-bond donors (Lipinski definition) is 4. The molecule has 0 radical (unpaired) electrons. The van der Waals surface area contributed by atoms with Gasteiger partial charge in [0.15, 0.2) is 9.84 Å². The number of phenols is 1. The molecule has 1 aromatic carbocycles. The number of anilines is 1. The van der Waals surface area contributed by atoms with Gasteiger partial charge in [-0.05, 0) is 18.6 Å². The van der Waals surface area contributed by atoms with E-state index in [0.717, 1.165) is 0 Å². The molecule has 4 N–H and O–H groups in total. The summed E-state index contributed by atoms with van der Waals surface area (Å²) in [7, 11) is -3.06. The van der Waals surface area contributed by atoms with Crippen molar-refractivity contribution in [3.8, 4) is 5.75 Å². The molecule has 1 aliphatic heterocycles. The van der Waals surface area contributed by atoms with E-state index in [1.54, 1.807) is 12.1 Å². The number of benzene rings is 1. The Morgan fingerprint density at radius 1 is 1.32 bits per heavy atom. The standard InChI is InChI=1S/C13H17N3O5S/c17-11-3-1-2-9(6-11)15-12(18)7-14-13(19)16-10-4-5-22(20,21)8-10/h1-3,6,10,17H,4-5,7-8H2,(H,15,18)(H2,14,16,19)/t10-/m1/s1. The van der Waals surface area contributed by atoms with E-state index in [9.17, 15) is 23.1 Å². The molecule has 1 heterocycles. The Labute approximate surface area is 127 Å². The predicted molar refractivity (Wildman–Crippen MR) is 80.3 cm³/mol. The number of sulfone groups is 1. The van der Waals surface area contributed by atoms with Crippen molar-refractivity contribution in [3.05, 3.63) is 24.3 Å². The van der Waals surface area contributed by atoms with Crippen LogP contribution in [0.4, 0.5) is 10.5 Å². The van der Waals surface area contributed by atoms with Crippen LogP contribution in [0.1, 0.15) is 6.42 Å². The van der Waals surface area contributed by atoms with Crippen LogP contribution in [0.2, 0.25) is 0 Å². The molecule has 1 atom stereocenters. The van der Waals surface area contributed by atoms with E-state index in [1.165, 1.54) is 12.1 Å². The molecule has 8 nitrogen and oxygen atoms in total. The van der Waals surface area contributed by atoms with E-state index >= 15 is 0 Å². The normalized spacial score (nSPS) is 19.4. The highest BCUT2D eigenvalue weighted by atomic mass is 32.2. The highest BCUT2D eigenvalue weighted by molar-refractivity contribution is 7.91. The van der Waals surface area contributed by atoms with Crippen LogP contribution in [-0.4, -0.2) is 49.6 Å². The average molecular weight is 327 g/mol. The lowest BCUT2D eigenvalue weighted by Gasteiger charge is -2.12. The van der Waals surface area contributed by atoms with Crippen LogP contribution >= 0.6 is 0 Å². The zero-order valence-electron chi connectivity index (χ0n) is 11.7. The number of carbonyl (C=O) groups is 2. The van der Waals surface area contributed by atoms with Crippen molar-refractivity contribution in [1.82, 2.24) is 10.6 Å². The second-order valence-electron chi connectivity index (χ2n) is 5.03. The molecule has 0 aromatic heterocycles. The zero-order chi connectivity index (χ0) is 16.2. The summed E-state index contributed by atoms with van der Waals surface area (Å²) in [6.07, 6.45) is 0.380. The Bertz CT molecular complexity index is 674. The number of carbonyl (C=O) groups excluding carboxylic acids is 2. The van der Waals surface area contributed by atoms with Gasteiger partial charge in [0.1, 0.15) is 5.75 Å². The maximum Gasteiger partial charge on any atom is 0.315 e. The fourth-order valence-electron chi connectivity index (χ4n) is 2.09. The molecule has 0 unspecified atom stereocenters. The Balaban J connectivity index is 1.73. The number of amides is 3. The summed E-state index contributed by atoms with van der Waals surface area (Å²) in [6.45, 7) is -0.263. The molecule has 0 spiro atoms. The molecule has 0 bridgehead atoms. The summed E-state index contributed by atoms with van der Waals surface area (Å²) in [4.78, 5) is 23.2.